The fraction of sp³-hybridized carbons (Fsp3) is 0.231. The van der Waals surface area contributed by atoms with E-state index < -0.39 is 0 Å². The van der Waals surface area contributed by atoms with E-state index in [1.807, 2.05) is 24.3 Å². The molecular weight excluding hydrogens is 248 g/mol. The van der Waals surface area contributed by atoms with E-state index in [4.69, 9.17) is 11.6 Å². The summed E-state index contributed by atoms with van der Waals surface area (Å²) in [5.74, 6) is 0. The van der Waals surface area contributed by atoms with Gasteiger partial charge in [0.1, 0.15) is 12.7 Å². The molecule has 0 saturated carbocycles. The Morgan fingerprint density at radius 3 is 3.00 bits per heavy atom. The first-order valence-electron chi connectivity index (χ1n) is 5.71. The van der Waals surface area contributed by atoms with Gasteiger partial charge in [0.25, 0.3) is 0 Å². The number of hydrogen-bond acceptors (Lipinski definition) is 3. The average molecular weight is 263 g/mol. The van der Waals surface area contributed by atoms with Crippen LogP contribution in [0.1, 0.15) is 18.5 Å². The summed E-state index contributed by atoms with van der Waals surface area (Å²) in [7, 11) is 0. The molecule has 1 atom stereocenters. The smallest absolute Gasteiger partial charge is 0.138 e. The third-order valence-corrected chi connectivity index (χ3v) is 3.03. The van der Waals surface area contributed by atoms with Crippen molar-refractivity contribution in [2.24, 2.45) is 0 Å². The number of hydrogen-bond donors (Lipinski definition) is 1. The van der Waals surface area contributed by atoms with Gasteiger partial charge in [0.15, 0.2) is 0 Å². The second kappa shape index (κ2) is 5.80. The third-order valence-electron chi connectivity index (χ3n) is 2.70. The first-order chi connectivity index (χ1) is 8.72. The molecule has 4 nitrogen and oxygen atoms in total. The minimum absolute atomic E-state index is 0.181. The fourth-order valence-electron chi connectivity index (χ4n) is 1.72. The Labute approximate surface area is 111 Å². The van der Waals surface area contributed by atoms with Crippen molar-refractivity contribution in [3.63, 3.8) is 0 Å². The maximum atomic E-state index is 6.29. The number of rotatable bonds is 5. The maximum Gasteiger partial charge on any atom is 0.138 e. The Morgan fingerprint density at radius 2 is 2.39 bits per heavy atom. The summed E-state index contributed by atoms with van der Waals surface area (Å²) in [5, 5.41) is 8.09. The molecule has 1 aromatic carbocycles. The van der Waals surface area contributed by atoms with Crippen molar-refractivity contribution in [3.8, 4) is 5.69 Å². The number of nitrogens with zero attached hydrogens (tertiary/aromatic N) is 3. The van der Waals surface area contributed by atoms with Gasteiger partial charge in [0.05, 0.1) is 5.69 Å². The standard InChI is InChI=1S/C13H15ClN4/c1-3-6-16-10(2)12-5-4-11(7-13(12)14)18-9-15-8-17-18/h3-5,7-10,16H,1,6H2,2H3/t10-/m0/s1. The van der Waals surface area contributed by atoms with Crippen molar-refractivity contribution in [1.29, 1.82) is 0 Å². The molecule has 0 fully saturated rings. The SMILES string of the molecule is C=CCN[C@@H](C)c1ccc(-n2cncn2)cc1Cl. The number of benzene rings is 1. The molecule has 5 heteroatoms. The minimum Gasteiger partial charge on any atom is -0.307 e. The van der Waals surface area contributed by atoms with Crippen LogP contribution in [0.2, 0.25) is 5.02 Å². The van der Waals surface area contributed by atoms with Gasteiger partial charge in [-0.05, 0) is 24.6 Å². The monoisotopic (exact) mass is 262 g/mol. The van der Waals surface area contributed by atoms with E-state index in [2.05, 4.69) is 28.9 Å². The third kappa shape index (κ3) is 2.78. The zero-order chi connectivity index (χ0) is 13.0. The Bertz CT molecular complexity index is 522. The topological polar surface area (TPSA) is 42.7 Å². The van der Waals surface area contributed by atoms with Crippen LogP contribution in [-0.4, -0.2) is 21.3 Å². The van der Waals surface area contributed by atoms with Crippen LogP contribution < -0.4 is 5.32 Å². The second-order valence-electron chi connectivity index (χ2n) is 3.96. The van der Waals surface area contributed by atoms with Crippen LogP contribution >= 0.6 is 11.6 Å². The van der Waals surface area contributed by atoms with Crippen LogP contribution in [0.15, 0.2) is 43.5 Å². The van der Waals surface area contributed by atoms with Crippen LogP contribution in [0.5, 0.6) is 0 Å². The molecular formula is C13H15ClN4. The van der Waals surface area contributed by atoms with Gasteiger partial charge >= 0.3 is 0 Å². The molecule has 0 aliphatic rings. The molecule has 2 aromatic rings. The van der Waals surface area contributed by atoms with Crippen molar-refractivity contribution >= 4 is 11.6 Å². The number of aromatic nitrogens is 3. The second-order valence-corrected chi connectivity index (χ2v) is 4.37. The lowest BCUT2D eigenvalue weighted by molar-refractivity contribution is 0.617. The molecule has 18 heavy (non-hydrogen) atoms. The van der Waals surface area contributed by atoms with E-state index in [9.17, 15) is 0 Å². The van der Waals surface area contributed by atoms with Gasteiger partial charge in [0, 0.05) is 17.6 Å². The predicted molar refractivity (Wildman–Crippen MR) is 73.0 cm³/mol. The minimum atomic E-state index is 0.181. The lowest BCUT2D eigenvalue weighted by atomic mass is 10.1. The Kier molecular flexibility index (Phi) is 4.12. The van der Waals surface area contributed by atoms with Crippen molar-refractivity contribution in [1.82, 2.24) is 20.1 Å². The van der Waals surface area contributed by atoms with Gasteiger partial charge in [-0.2, -0.15) is 5.10 Å². The summed E-state index contributed by atoms with van der Waals surface area (Å²) in [6, 6.07) is 6.04. The normalized spacial score (nSPS) is 12.3. The molecule has 0 radical (unpaired) electrons. The van der Waals surface area contributed by atoms with Crippen LogP contribution in [-0.2, 0) is 0 Å². The highest BCUT2D eigenvalue weighted by Gasteiger charge is 2.09. The maximum absolute atomic E-state index is 6.29. The van der Waals surface area contributed by atoms with Gasteiger partial charge < -0.3 is 5.32 Å². The van der Waals surface area contributed by atoms with E-state index in [1.54, 1.807) is 11.0 Å². The zero-order valence-electron chi connectivity index (χ0n) is 10.2. The van der Waals surface area contributed by atoms with Gasteiger partial charge in [-0.1, -0.05) is 23.7 Å². The molecule has 1 aromatic heterocycles. The van der Waals surface area contributed by atoms with E-state index in [0.29, 0.717) is 5.02 Å². The molecule has 94 valence electrons. The van der Waals surface area contributed by atoms with Gasteiger partial charge in [-0.15, -0.1) is 6.58 Å². The highest BCUT2D eigenvalue weighted by atomic mass is 35.5. The van der Waals surface area contributed by atoms with E-state index in [1.165, 1.54) is 6.33 Å². The Balaban J connectivity index is 2.22. The van der Waals surface area contributed by atoms with Crippen LogP contribution in [0.25, 0.3) is 5.69 Å². The van der Waals surface area contributed by atoms with Gasteiger partial charge in [-0.3, -0.25) is 0 Å². The molecule has 1 heterocycles. The lowest BCUT2D eigenvalue weighted by Crippen LogP contribution is -2.18. The predicted octanol–water partition coefficient (Wildman–Crippen LogP) is 2.76. The summed E-state index contributed by atoms with van der Waals surface area (Å²) < 4.78 is 1.68. The van der Waals surface area contributed by atoms with E-state index >= 15 is 0 Å². The van der Waals surface area contributed by atoms with Gasteiger partial charge in [-0.25, -0.2) is 9.67 Å². The summed E-state index contributed by atoms with van der Waals surface area (Å²) in [4.78, 5) is 3.91. The highest BCUT2D eigenvalue weighted by Crippen LogP contribution is 2.25. The summed E-state index contributed by atoms with van der Waals surface area (Å²) in [6.07, 6.45) is 4.97. The summed E-state index contributed by atoms with van der Waals surface area (Å²) >= 11 is 6.29. The first-order valence-corrected chi connectivity index (χ1v) is 6.09. The fourth-order valence-corrected chi connectivity index (χ4v) is 2.06. The lowest BCUT2D eigenvalue weighted by Gasteiger charge is -2.15. The van der Waals surface area contributed by atoms with E-state index in [-0.39, 0.29) is 6.04 Å². The van der Waals surface area contributed by atoms with Crippen LogP contribution in [0, 0.1) is 0 Å². The summed E-state index contributed by atoms with van der Waals surface area (Å²) in [5.41, 5.74) is 1.96. The molecule has 1 N–H and O–H groups in total. The number of nitrogens with one attached hydrogen (secondary N) is 1. The molecule has 0 unspecified atom stereocenters. The van der Waals surface area contributed by atoms with Crippen molar-refractivity contribution in [2.75, 3.05) is 6.54 Å². The van der Waals surface area contributed by atoms with Crippen molar-refractivity contribution in [2.45, 2.75) is 13.0 Å². The Morgan fingerprint density at radius 1 is 1.56 bits per heavy atom. The molecule has 0 saturated heterocycles. The molecule has 0 spiro atoms. The highest BCUT2D eigenvalue weighted by molar-refractivity contribution is 6.31. The molecule has 0 aliphatic heterocycles. The quantitative estimate of drug-likeness (QED) is 0.843. The molecule has 0 bridgehead atoms. The largest absolute Gasteiger partial charge is 0.307 e. The molecule has 0 amide bonds. The average Bonchev–Trinajstić information content (AvgIpc) is 2.89. The Hall–Kier alpha value is -1.65. The first kappa shape index (κ1) is 12.8. The van der Waals surface area contributed by atoms with Gasteiger partial charge in [0.2, 0.25) is 0 Å². The molecule has 2 rings (SSSR count). The molecule has 0 aliphatic carbocycles. The van der Waals surface area contributed by atoms with Crippen molar-refractivity contribution in [3.05, 3.63) is 54.1 Å². The number of halogens is 1. The van der Waals surface area contributed by atoms with Crippen LogP contribution in [0.4, 0.5) is 0 Å². The van der Waals surface area contributed by atoms with Crippen molar-refractivity contribution < 1.29 is 0 Å². The van der Waals surface area contributed by atoms with Crippen LogP contribution in [0.3, 0.4) is 0 Å². The summed E-state index contributed by atoms with van der Waals surface area (Å²) in [6.45, 7) is 6.50. The zero-order valence-corrected chi connectivity index (χ0v) is 10.9. The van der Waals surface area contributed by atoms with E-state index in [0.717, 1.165) is 17.8 Å².